The van der Waals surface area contributed by atoms with Gasteiger partial charge in [-0.2, -0.15) is 5.26 Å². The molecule has 1 aliphatic rings. The Labute approximate surface area is 190 Å². The lowest BCUT2D eigenvalue weighted by molar-refractivity contribution is -0.164. The van der Waals surface area contributed by atoms with E-state index in [9.17, 15) is 4.79 Å². The summed E-state index contributed by atoms with van der Waals surface area (Å²) in [6.45, 7) is 8.34. The summed E-state index contributed by atoms with van der Waals surface area (Å²) in [5.74, 6) is 0.517. The lowest BCUT2D eigenvalue weighted by atomic mass is 9.49. The van der Waals surface area contributed by atoms with Crippen molar-refractivity contribution in [1.29, 1.82) is 5.26 Å². The number of carbonyl (C=O) groups excluding carboxylic acids is 1. The first-order chi connectivity index (χ1) is 13.6. The fourth-order valence-corrected chi connectivity index (χ4v) is 5.07. The molecule has 0 heterocycles. The second-order valence-corrected chi connectivity index (χ2v) is 9.42. The topological polar surface area (TPSA) is 74.2 Å². The Morgan fingerprint density at radius 2 is 1.76 bits per heavy atom. The molecule has 5 nitrogen and oxygen atoms in total. The molecule has 0 saturated heterocycles. The highest BCUT2D eigenvalue weighted by molar-refractivity contribution is 14.1. The number of carbonyl (C=O) groups is 1. The van der Waals surface area contributed by atoms with Crippen LogP contribution in [0.2, 0.25) is 5.02 Å². The Hall–Kier alpha value is -1.98. The summed E-state index contributed by atoms with van der Waals surface area (Å²) in [7, 11) is 0. The molecule has 3 rings (SSSR count). The van der Waals surface area contributed by atoms with Crippen LogP contribution >= 0.6 is 34.5 Å². The highest BCUT2D eigenvalue weighted by atomic mass is 127. The van der Waals surface area contributed by atoms with Gasteiger partial charge in [0.05, 0.1) is 33.5 Å². The maximum absolute atomic E-state index is 12.8. The van der Waals surface area contributed by atoms with Crippen molar-refractivity contribution in [2.45, 2.75) is 39.8 Å². The minimum Gasteiger partial charge on any atom is -0.489 e. The second kappa shape index (κ2) is 8.04. The molecule has 1 saturated carbocycles. The number of anilines is 1. The third-order valence-electron chi connectivity index (χ3n) is 5.69. The second-order valence-electron chi connectivity index (χ2n) is 8.47. The largest absolute Gasteiger partial charge is 0.489 e. The van der Waals surface area contributed by atoms with Crippen LogP contribution in [0.1, 0.15) is 43.6 Å². The molecule has 0 bridgehead atoms. The molecule has 0 unspecified atom stereocenters. The quantitative estimate of drug-likeness (QED) is 0.396. The molecule has 2 aromatic rings. The normalized spacial score (nSPS) is 21.4. The van der Waals surface area contributed by atoms with Gasteiger partial charge in [0.1, 0.15) is 17.9 Å². The van der Waals surface area contributed by atoms with Gasteiger partial charge in [0.15, 0.2) is 0 Å². The number of benzene rings is 2. The number of nitriles is 1. The Morgan fingerprint density at radius 3 is 2.28 bits per heavy atom. The van der Waals surface area contributed by atoms with Crippen LogP contribution in [0.3, 0.4) is 0 Å². The van der Waals surface area contributed by atoms with Crippen LogP contribution < -0.4 is 13.6 Å². The van der Waals surface area contributed by atoms with Crippen molar-refractivity contribution in [3.63, 3.8) is 0 Å². The number of amides is 1. The molecule has 0 aliphatic heterocycles. The predicted octanol–water partition coefficient (Wildman–Crippen LogP) is 5.59. The van der Waals surface area contributed by atoms with Gasteiger partial charge in [-0.15, -0.1) is 0 Å². The molecule has 1 fully saturated rings. The van der Waals surface area contributed by atoms with E-state index in [-0.39, 0.29) is 28.9 Å². The minimum absolute atomic E-state index is 0.0660. The molecule has 2 aromatic carbocycles. The fraction of sp³-hybridized carbons (Fsp3) is 0.364. The third-order valence-corrected chi connectivity index (χ3v) is 6.62. The van der Waals surface area contributed by atoms with E-state index in [1.165, 1.54) is 0 Å². The third kappa shape index (κ3) is 4.03. The molecule has 7 heteroatoms. The van der Waals surface area contributed by atoms with Crippen molar-refractivity contribution in [2.75, 3.05) is 3.53 Å². The van der Waals surface area contributed by atoms with Gasteiger partial charge in [-0.1, -0.05) is 39.3 Å². The number of ether oxygens (including phenoxy) is 1. The van der Waals surface area contributed by atoms with E-state index >= 15 is 0 Å². The minimum atomic E-state index is -0.288. The van der Waals surface area contributed by atoms with Gasteiger partial charge in [-0.3, -0.25) is 4.79 Å². The van der Waals surface area contributed by atoms with Crippen LogP contribution in [0.15, 0.2) is 42.5 Å². The molecular formula is C22H23ClIN3O2. The molecular weight excluding hydrogens is 501 g/mol. The highest BCUT2D eigenvalue weighted by Crippen LogP contribution is 2.55. The van der Waals surface area contributed by atoms with E-state index in [1.807, 2.05) is 30.3 Å². The maximum atomic E-state index is 12.8. The van der Waals surface area contributed by atoms with E-state index in [0.29, 0.717) is 21.9 Å². The average molecular weight is 524 g/mol. The van der Waals surface area contributed by atoms with E-state index in [4.69, 9.17) is 21.6 Å². The van der Waals surface area contributed by atoms with Gasteiger partial charge in [0.2, 0.25) is 0 Å². The van der Waals surface area contributed by atoms with Crippen molar-refractivity contribution >= 4 is 46.1 Å². The number of rotatable bonds is 5. The molecule has 2 N–H and O–H groups in total. The summed E-state index contributed by atoms with van der Waals surface area (Å²) >= 11 is 8.19. The molecule has 0 atom stereocenters. The van der Waals surface area contributed by atoms with Crippen molar-refractivity contribution in [1.82, 2.24) is 5.32 Å². The van der Waals surface area contributed by atoms with Crippen molar-refractivity contribution in [3.8, 4) is 11.8 Å². The number of halogens is 2. The Kier molecular flexibility index (Phi) is 6.02. The summed E-state index contributed by atoms with van der Waals surface area (Å²) in [6, 6.07) is 14.4. The number of nitrogens with zero attached hydrogens (tertiary/aromatic N) is 1. The Balaban J connectivity index is 1.74. The Morgan fingerprint density at radius 1 is 1.14 bits per heavy atom. The van der Waals surface area contributed by atoms with Gasteiger partial charge >= 0.3 is 0 Å². The summed E-state index contributed by atoms with van der Waals surface area (Å²) in [4.78, 5) is 12.8. The predicted molar refractivity (Wildman–Crippen MR) is 123 cm³/mol. The Bertz CT molecular complexity index is 951. The van der Waals surface area contributed by atoms with Crippen molar-refractivity contribution in [2.24, 2.45) is 10.8 Å². The summed E-state index contributed by atoms with van der Waals surface area (Å²) in [6.07, 6.45) is -0.130. The van der Waals surface area contributed by atoms with E-state index in [1.54, 1.807) is 18.2 Å². The van der Waals surface area contributed by atoms with Crippen LogP contribution in [0.25, 0.3) is 0 Å². The van der Waals surface area contributed by atoms with Crippen LogP contribution in [0.4, 0.5) is 5.69 Å². The molecule has 0 aromatic heterocycles. The van der Waals surface area contributed by atoms with Crippen LogP contribution in [0.5, 0.6) is 5.75 Å². The SMILES string of the molecule is CC1(C)C(NC(=O)c2ccc(NI)cc2)C(C)(C)C1Oc1ccc(C#N)c(Cl)c1. The van der Waals surface area contributed by atoms with E-state index < -0.39 is 0 Å². The monoisotopic (exact) mass is 523 g/mol. The van der Waals surface area contributed by atoms with Crippen LogP contribution in [-0.4, -0.2) is 18.1 Å². The maximum Gasteiger partial charge on any atom is 0.251 e. The van der Waals surface area contributed by atoms with Crippen molar-refractivity contribution in [3.05, 3.63) is 58.6 Å². The zero-order valence-electron chi connectivity index (χ0n) is 16.7. The molecule has 152 valence electrons. The zero-order valence-corrected chi connectivity index (χ0v) is 19.6. The number of nitrogens with one attached hydrogen (secondary N) is 2. The van der Waals surface area contributed by atoms with Crippen LogP contribution in [-0.2, 0) is 0 Å². The van der Waals surface area contributed by atoms with E-state index in [2.05, 4.69) is 59.4 Å². The van der Waals surface area contributed by atoms with Gasteiger partial charge in [-0.05, 0) is 36.4 Å². The van der Waals surface area contributed by atoms with Gasteiger partial charge in [0, 0.05) is 34.2 Å². The van der Waals surface area contributed by atoms with Gasteiger partial charge in [-0.25, -0.2) is 0 Å². The average Bonchev–Trinajstić information content (AvgIpc) is 2.69. The zero-order chi connectivity index (χ0) is 21.4. The summed E-state index contributed by atoms with van der Waals surface area (Å²) in [5, 5.41) is 12.6. The first kappa shape index (κ1) is 21.7. The van der Waals surface area contributed by atoms with Crippen LogP contribution in [0, 0.1) is 22.2 Å². The lowest BCUT2D eigenvalue weighted by Crippen LogP contribution is -2.74. The highest BCUT2D eigenvalue weighted by Gasteiger charge is 2.64. The number of hydrogen-bond donors (Lipinski definition) is 2. The molecule has 1 aliphatic carbocycles. The standard InChI is InChI=1S/C22H23ClIN3O2/c1-21(2)19(26-18(28)13-5-8-15(27-24)9-6-13)22(3,4)20(21)29-16-10-7-14(12-25)17(23)11-16/h5-11,19-20,27H,1-4H3,(H,26,28). The molecule has 29 heavy (non-hydrogen) atoms. The first-order valence-corrected chi connectivity index (χ1v) is 10.7. The number of hydrogen-bond acceptors (Lipinski definition) is 4. The lowest BCUT2D eigenvalue weighted by Gasteiger charge is -2.63. The molecule has 0 spiro atoms. The summed E-state index contributed by atoms with van der Waals surface area (Å²) in [5.41, 5.74) is 1.41. The van der Waals surface area contributed by atoms with Gasteiger partial charge in [0.25, 0.3) is 5.91 Å². The fourth-order valence-electron chi connectivity index (χ4n) is 4.49. The molecule has 1 amide bonds. The molecule has 0 radical (unpaired) electrons. The van der Waals surface area contributed by atoms with E-state index in [0.717, 1.165) is 5.69 Å². The first-order valence-electron chi connectivity index (χ1n) is 9.25. The van der Waals surface area contributed by atoms with Crippen molar-refractivity contribution < 1.29 is 9.53 Å². The summed E-state index contributed by atoms with van der Waals surface area (Å²) < 4.78 is 9.27. The van der Waals surface area contributed by atoms with Gasteiger partial charge < -0.3 is 13.6 Å². The smallest absolute Gasteiger partial charge is 0.251 e.